The molecular formula is C10H13ClO2S. The molecule has 0 spiro atoms. The van der Waals surface area contributed by atoms with E-state index in [1.807, 2.05) is 32.0 Å². The van der Waals surface area contributed by atoms with Crippen molar-refractivity contribution >= 4 is 19.7 Å². The molecule has 2 nitrogen and oxygen atoms in total. The highest BCUT2D eigenvalue weighted by Crippen LogP contribution is 2.12. The first-order chi connectivity index (χ1) is 6.38. The molecule has 0 aliphatic carbocycles. The zero-order chi connectivity index (χ0) is 10.8. The van der Waals surface area contributed by atoms with E-state index in [-0.39, 0.29) is 5.75 Å². The van der Waals surface area contributed by atoms with Crippen LogP contribution in [-0.2, 0) is 15.5 Å². The maximum Gasteiger partial charge on any atom is 0.232 e. The van der Waals surface area contributed by atoms with Crippen LogP contribution in [0.4, 0.5) is 0 Å². The van der Waals surface area contributed by atoms with Gasteiger partial charge in [-0.05, 0) is 31.4 Å². The summed E-state index contributed by atoms with van der Waals surface area (Å²) in [4.78, 5) is 0. The van der Waals surface area contributed by atoms with Crippen molar-refractivity contribution in [2.45, 2.75) is 20.3 Å². The van der Waals surface area contributed by atoms with E-state index >= 15 is 0 Å². The lowest BCUT2D eigenvalue weighted by Gasteiger charge is -2.05. The second-order valence-electron chi connectivity index (χ2n) is 3.42. The molecule has 0 fully saturated rings. The van der Waals surface area contributed by atoms with Crippen LogP contribution in [-0.4, -0.2) is 14.2 Å². The monoisotopic (exact) mass is 232 g/mol. The fraction of sp³-hybridized carbons (Fsp3) is 0.400. The molecule has 0 aliphatic rings. The van der Waals surface area contributed by atoms with E-state index in [0.717, 1.165) is 11.1 Å². The van der Waals surface area contributed by atoms with Crippen molar-refractivity contribution in [3.05, 3.63) is 34.9 Å². The van der Waals surface area contributed by atoms with Crippen LogP contribution in [0.1, 0.15) is 16.7 Å². The molecule has 0 aromatic heterocycles. The van der Waals surface area contributed by atoms with Gasteiger partial charge in [0.05, 0.1) is 5.75 Å². The van der Waals surface area contributed by atoms with Crippen LogP contribution in [0.15, 0.2) is 18.2 Å². The third-order valence-corrected chi connectivity index (χ3v) is 3.27. The number of rotatable bonds is 3. The second kappa shape index (κ2) is 4.32. The number of hydrogen-bond acceptors (Lipinski definition) is 2. The van der Waals surface area contributed by atoms with E-state index in [2.05, 4.69) is 0 Å². The average Bonchev–Trinajstić information content (AvgIpc) is 2.00. The molecule has 4 heteroatoms. The predicted molar refractivity (Wildman–Crippen MR) is 59.3 cm³/mol. The highest BCUT2D eigenvalue weighted by molar-refractivity contribution is 8.13. The summed E-state index contributed by atoms with van der Waals surface area (Å²) in [6, 6.07) is 5.96. The van der Waals surface area contributed by atoms with Crippen molar-refractivity contribution < 1.29 is 8.42 Å². The molecular weight excluding hydrogens is 220 g/mol. The Morgan fingerprint density at radius 1 is 1.29 bits per heavy atom. The first kappa shape index (κ1) is 11.5. The number of halogens is 1. The number of aryl methyl sites for hydroxylation is 3. The first-order valence-corrected chi connectivity index (χ1v) is 6.85. The SMILES string of the molecule is Cc1ccc(CCS(=O)(=O)Cl)c(C)c1. The molecule has 0 saturated heterocycles. The summed E-state index contributed by atoms with van der Waals surface area (Å²) in [7, 11) is 1.76. The number of hydrogen-bond donors (Lipinski definition) is 0. The molecule has 0 bridgehead atoms. The molecule has 1 aromatic carbocycles. The molecule has 0 radical (unpaired) electrons. The Bertz CT molecular complexity index is 424. The molecule has 0 saturated carbocycles. The van der Waals surface area contributed by atoms with Gasteiger partial charge in [-0.3, -0.25) is 0 Å². The molecule has 14 heavy (non-hydrogen) atoms. The van der Waals surface area contributed by atoms with Crippen LogP contribution >= 0.6 is 10.7 Å². The molecule has 0 heterocycles. The van der Waals surface area contributed by atoms with Gasteiger partial charge in [-0.15, -0.1) is 0 Å². The van der Waals surface area contributed by atoms with Gasteiger partial charge in [-0.2, -0.15) is 0 Å². The van der Waals surface area contributed by atoms with Gasteiger partial charge in [0, 0.05) is 10.7 Å². The Morgan fingerprint density at radius 3 is 2.43 bits per heavy atom. The Balaban J connectivity index is 2.78. The van der Waals surface area contributed by atoms with E-state index in [4.69, 9.17) is 10.7 Å². The molecule has 1 aromatic rings. The lowest BCUT2D eigenvalue weighted by Crippen LogP contribution is -2.02. The Morgan fingerprint density at radius 2 is 1.93 bits per heavy atom. The predicted octanol–water partition coefficient (Wildman–Crippen LogP) is 2.41. The van der Waals surface area contributed by atoms with E-state index in [1.165, 1.54) is 5.56 Å². The van der Waals surface area contributed by atoms with Gasteiger partial charge in [0.2, 0.25) is 9.05 Å². The molecule has 0 amide bonds. The summed E-state index contributed by atoms with van der Waals surface area (Å²) in [5, 5.41) is 0. The van der Waals surface area contributed by atoms with E-state index in [0.29, 0.717) is 6.42 Å². The fourth-order valence-electron chi connectivity index (χ4n) is 1.36. The summed E-state index contributed by atoms with van der Waals surface area (Å²) in [6.07, 6.45) is 0.484. The van der Waals surface area contributed by atoms with E-state index in [1.54, 1.807) is 0 Å². The minimum atomic E-state index is -3.38. The van der Waals surface area contributed by atoms with Crippen LogP contribution in [0.25, 0.3) is 0 Å². The first-order valence-electron chi connectivity index (χ1n) is 4.37. The Kier molecular flexibility index (Phi) is 3.56. The fourth-order valence-corrected chi connectivity index (χ4v) is 2.05. The van der Waals surface area contributed by atoms with Crippen LogP contribution in [0, 0.1) is 13.8 Å². The minimum absolute atomic E-state index is 0.00153. The molecule has 0 unspecified atom stereocenters. The minimum Gasteiger partial charge on any atom is -0.212 e. The maximum atomic E-state index is 10.7. The highest BCUT2D eigenvalue weighted by Gasteiger charge is 2.06. The lowest BCUT2D eigenvalue weighted by atomic mass is 10.0. The van der Waals surface area contributed by atoms with Gasteiger partial charge in [0.15, 0.2) is 0 Å². The third-order valence-electron chi connectivity index (χ3n) is 2.11. The second-order valence-corrected chi connectivity index (χ2v) is 6.32. The van der Waals surface area contributed by atoms with Crippen LogP contribution in [0.3, 0.4) is 0 Å². The summed E-state index contributed by atoms with van der Waals surface area (Å²) in [5.74, 6) is -0.00153. The summed E-state index contributed by atoms with van der Waals surface area (Å²) >= 11 is 0. The zero-order valence-corrected chi connectivity index (χ0v) is 9.82. The van der Waals surface area contributed by atoms with Gasteiger partial charge >= 0.3 is 0 Å². The largest absolute Gasteiger partial charge is 0.232 e. The quantitative estimate of drug-likeness (QED) is 0.751. The summed E-state index contributed by atoms with van der Waals surface area (Å²) in [5.41, 5.74) is 3.34. The molecule has 0 aliphatic heterocycles. The van der Waals surface area contributed by atoms with Crippen LogP contribution in [0.2, 0.25) is 0 Å². The standard InChI is InChI=1S/C10H13ClO2S/c1-8-3-4-10(9(2)7-8)5-6-14(11,12)13/h3-4,7H,5-6H2,1-2H3. The van der Waals surface area contributed by atoms with Gasteiger partial charge in [0.25, 0.3) is 0 Å². The molecule has 78 valence electrons. The van der Waals surface area contributed by atoms with Gasteiger partial charge in [-0.25, -0.2) is 8.42 Å². The molecule has 0 atom stereocenters. The third kappa shape index (κ3) is 3.68. The van der Waals surface area contributed by atoms with Crippen molar-refractivity contribution in [1.29, 1.82) is 0 Å². The normalized spacial score (nSPS) is 11.6. The molecule has 1 rings (SSSR count). The topological polar surface area (TPSA) is 34.1 Å². The zero-order valence-electron chi connectivity index (χ0n) is 8.25. The number of benzene rings is 1. The smallest absolute Gasteiger partial charge is 0.212 e. The van der Waals surface area contributed by atoms with Crippen molar-refractivity contribution in [3.8, 4) is 0 Å². The van der Waals surface area contributed by atoms with Crippen LogP contribution < -0.4 is 0 Å². The summed E-state index contributed by atoms with van der Waals surface area (Å²) in [6.45, 7) is 3.98. The maximum absolute atomic E-state index is 10.7. The highest BCUT2D eigenvalue weighted by atomic mass is 35.7. The van der Waals surface area contributed by atoms with Gasteiger partial charge in [-0.1, -0.05) is 23.8 Å². The van der Waals surface area contributed by atoms with E-state index in [9.17, 15) is 8.42 Å². The lowest BCUT2D eigenvalue weighted by molar-refractivity contribution is 0.609. The average molecular weight is 233 g/mol. The van der Waals surface area contributed by atoms with Crippen LogP contribution in [0.5, 0.6) is 0 Å². The Hall–Kier alpha value is -0.540. The summed E-state index contributed by atoms with van der Waals surface area (Å²) < 4.78 is 21.5. The van der Waals surface area contributed by atoms with Gasteiger partial charge < -0.3 is 0 Å². The van der Waals surface area contributed by atoms with Crippen molar-refractivity contribution in [2.24, 2.45) is 0 Å². The van der Waals surface area contributed by atoms with Gasteiger partial charge in [0.1, 0.15) is 0 Å². The van der Waals surface area contributed by atoms with E-state index < -0.39 is 9.05 Å². The van der Waals surface area contributed by atoms with Crippen molar-refractivity contribution in [2.75, 3.05) is 5.75 Å². The van der Waals surface area contributed by atoms with Crippen molar-refractivity contribution in [3.63, 3.8) is 0 Å². The Labute approximate surface area is 89.3 Å². The van der Waals surface area contributed by atoms with Crippen molar-refractivity contribution in [1.82, 2.24) is 0 Å². The molecule has 0 N–H and O–H groups in total.